The SMILES string of the molecule is COc1ccc(NC(=O)N[C@@H](C)Cc2cnccn2)cc1NS(C)(=O)=O. The van der Waals surface area contributed by atoms with Gasteiger partial charge in [-0.25, -0.2) is 13.2 Å². The molecule has 0 saturated carbocycles. The normalized spacial score (nSPS) is 12.1. The maximum absolute atomic E-state index is 12.1. The third-order valence-corrected chi connectivity index (χ3v) is 3.85. The second-order valence-electron chi connectivity index (χ2n) is 5.69. The van der Waals surface area contributed by atoms with Crippen LogP contribution in [0, 0.1) is 0 Å². The zero-order valence-electron chi connectivity index (χ0n) is 14.7. The number of hydrogen-bond acceptors (Lipinski definition) is 6. The van der Waals surface area contributed by atoms with E-state index in [2.05, 4.69) is 25.3 Å². The van der Waals surface area contributed by atoms with Gasteiger partial charge in [-0.1, -0.05) is 0 Å². The lowest BCUT2D eigenvalue weighted by Gasteiger charge is -2.15. The van der Waals surface area contributed by atoms with Gasteiger partial charge in [-0.3, -0.25) is 14.7 Å². The maximum atomic E-state index is 12.1. The Hall–Kier alpha value is -2.88. The van der Waals surface area contributed by atoms with Crippen molar-refractivity contribution in [3.8, 4) is 5.75 Å². The first-order valence-electron chi connectivity index (χ1n) is 7.75. The lowest BCUT2D eigenvalue weighted by Crippen LogP contribution is -2.37. The molecule has 0 aliphatic heterocycles. The van der Waals surface area contributed by atoms with Gasteiger partial charge in [0.2, 0.25) is 10.0 Å². The van der Waals surface area contributed by atoms with Crippen LogP contribution in [-0.2, 0) is 16.4 Å². The Kier molecular flexibility index (Phi) is 6.34. The van der Waals surface area contributed by atoms with E-state index >= 15 is 0 Å². The number of ether oxygens (including phenoxy) is 1. The van der Waals surface area contributed by atoms with Crippen molar-refractivity contribution in [3.63, 3.8) is 0 Å². The van der Waals surface area contributed by atoms with Crippen LogP contribution in [0.1, 0.15) is 12.6 Å². The largest absolute Gasteiger partial charge is 0.495 e. The molecule has 26 heavy (non-hydrogen) atoms. The van der Waals surface area contributed by atoms with Crippen molar-refractivity contribution >= 4 is 27.4 Å². The van der Waals surface area contributed by atoms with E-state index in [-0.39, 0.29) is 11.7 Å². The number of sulfonamides is 1. The number of anilines is 2. The second-order valence-corrected chi connectivity index (χ2v) is 7.44. The molecule has 0 aliphatic rings. The summed E-state index contributed by atoms with van der Waals surface area (Å²) in [5.74, 6) is 0.345. The average molecular weight is 379 g/mol. The van der Waals surface area contributed by atoms with Crippen LogP contribution >= 0.6 is 0 Å². The third-order valence-electron chi connectivity index (χ3n) is 3.26. The predicted molar refractivity (Wildman–Crippen MR) is 98.8 cm³/mol. The smallest absolute Gasteiger partial charge is 0.319 e. The van der Waals surface area contributed by atoms with Gasteiger partial charge in [0, 0.05) is 36.7 Å². The number of methoxy groups -OCH3 is 1. The van der Waals surface area contributed by atoms with Crippen LogP contribution < -0.4 is 20.1 Å². The molecule has 10 heteroatoms. The Morgan fingerprint density at radius 2 is 2.08 bits per heavy atom. The third kappa shape index (κ3) is 6.20. The van der Waals surface area contributed by atoms with Crippen molar-refractivity contribution in [3.05, 3.63) is 42.5 Å². The number of rotatable bonds is 7. The fourth-order valence-electron chi connectivity index (χ4n) is 2.26. The van der Waals surface area contributed by atoms with Gasteiger partial charge in [0.05, 0.1) is 24.7 Å². The standard InChI is InChI=1S/C16H21N5O4S/c1-11(8-13-10-17-6-7-18-13)19-16(22)20-12-4-5-15(25-2)14(9-12)21-26(3,23)24/h4-7,9-11,21H,8H2,1-3H3,(H2,19,20,22)/t11-/m0/s1. The summed E-state index contributed by atoms with van der Waals surface area (Å²) in [6, 6.07) is 4.06. The molecule has 0 bridgehead atoms. The minimum Gasteiger partial charge on any atom is -0.495 e. The molecule has 2 amide bonds. The Labute approximate surface area is 152 Å². The van der Waals surface area contributed by atoms with Crippen molar-refractivity contribution in [2.24, 2.45) is 0 Å². The molecule has 1 aromatic carbocycles. The zero-order valence-corrected chi connectivity index (χ0v) is 15.5. The summed E-state index contributed by atoms with van der Waals surface area (Å²) < 4.78 is 30.4. The number of nitrogens with one attached hydrogen (secondary N) is 3. The fourth-order valence-corrected chi connectivity index (χ4v) is 2.82. The van der Waals surface area contributed by atoms with Crippen molar-refractivity contribution in [2.75, 3.05) is 23.4 Å². The number of hydrogen-bond donors (Lipinski definition) is 3. The van der Waals surface area contributed by atoms with Crippen LogP contribution in [0.5, 0.6) is 5.75 Å². The first-order chi connectivity index (χ1) is 12.3. The quantitative estimate of drug-likeness (QED) is 0.672. The van der Waals surface area contributed by atoms with Gasteiger partial charge in [-0.05, 0) is 25.1 Å². The van der Waals surface area contributed by atoms with Gasteiger partial charge in [0.25, 0.3) is 0 Å². The van der Waals surface area contributed by atoms with E-state index < -0.39 is 16.1 Å². The van der Waals surface area contributed by atoms with E-state index in [4.69, 9.17) is 4.74 Å². The summed E-state index contributed by atoms with van der Waals surface area (Å²) in [6.45, 7) is 1.85. The van der Waals surface area contributed by atoms with Crippen molar-refractivity contribution in [1.29, 1.82) is 0 Å². The molecule has 1 aromatic heterocycles. The molecule has 0 saturated heterocycles. The molecule has 1 atom stereocenters. The Morgan fingerprint density at radius 1 is 1.31 bits per heavy atom. The highest BCUT2D eigenvalue weighted by atomic mass is 32.2. The molecule has 0 spiro atoms. The number of aromatic nitrogens is 2. The van der Waals surface area contributed by atoms with Gasteiger partial charge in [-0.2, -0.15) is 0 Å². The molecule has 0 aliphatic carbocycles. The second kappa shape index (κ2) is 8.48. The van der Waals surface area contributed by atoms with E-state index in [0.717, 1.165) is 11.9 Å². The summed E-state index contributed by atoms with van der Waals surface area (Å²) in [5.41, 5.74) is 1.42. The fraction of sp³-hybridized carbons (Fsp3) is 0.312. The minimum absolute atomic E-state index is 0.168. The monoisotopic (exact) mass is 379 g/mol. The van der Waals surface area contributed by atoms with E-state index in [0.29, 0.717) is 17.9 Å². The molecule has 140 valence electrons. The van der Waals surface area contributed by atoms with Crippen molar-refractivity contribution in [2.45, 2.75) is 19.4 Å². The first-order valence-corrected chi connectivity index (χ1v) is 9.64. The van der Waals surface area contributed by atoms with Crippen LogP contribution in [0.25, 0.3) is 0 Å². The highest BCUT2D eigenvalue weighted by molar-refractivity contribution is 7.92. The van der Waals surface area contributed by atoms with Gasteiger partial charge < -0.3 is 15.4 Å². The molecule has 0 radical (unpaired) electrons. The van der Waals surface area contributed by atoms with Crippen LogP contribution in [0.3, 0.4) is 0 Å². The highest BCUT2D eigenvalue weighted by Crippen LogP contribution is 2.28. The zero-order chi connectivity index (χ0) is 19.2. The van der Waals surface area contributed by atoms with Crippen molar-refractivity contribution < 1.29 is 17.9 Å². The van der Waals surface area contributed by atoms with E-state index in [1.54, 1.807) is 30.7 Å². The number of urea groups is 1. The Balaban J connectivity index is 2.00. The summed E-state index contributed by atoms with van der Waals surface area (Å²) in [5, 5.41) is 5.45. The van der Waals surface area contributed by atoms with Gasteiger partial charge in [0.15, 0.2) is 0 Å². The van der Waals surface area contributed by atoms with Gasteiger partial charge in [0.1, 0.15) is 5.75 Å². The number of amides is 2. The van der Waals surface area contributed by atoms with E-state index in [1.165, 1.54) is 13.2 Å². The molecule has 2 rings (SSSR count). The van der Waals surface area contributed by atoms with Crippen LogP contribution in [-0.4, -0.2) is 43.8 Å². The predicted octanol–water partition coefficient (Wildman–Crippen LogP) is 1.61. The lowest BCUT2D eigenvalue weighted by atomic mass is 10.2. The van der Waals surface area contributed by atoms with Crippen LogP contribution in [0.2, 0.25) is 0 Å². The summed E-state index contributed by atoms with van der Waals surface area (Å²) in [7, 11) is -2.05. The molecular weight excluding hydrogens is 358 g/mol. The molecular formula is C16H21N5O4S. The molecule has 9 nitrogen and oxygen atoms in total. The van der Waals surface area contributed by atoms with E-state index in [9.17, 15) is 13.2 Å². The van der Waals surface area contributed by atoms with E-state index in [1.807, 2.05) is 6.92 Å². The maximum Gasteiger partial charge on any atom is 0.319 e. The number of carbonyl (C=O) groups is 1. The number of benzene rings is 1. The lowest BCUT2D eigenvalue weighted by molar-refractivity contribution is 0.249. The molecule has 3 N–H and O–H groups in total. The number of nitrogens with zero attached hydrogens (tertiary/aromatic N) is 2. The van der Waals surface area contributed by atoms with Crippen LogP contribution in [0.15, 0.2) is 36.8 Å². The average Bonchev–Trinajstić information content (AvgIpc) is 2.54. The van der Waals surface area contributed by atoms with Crippen molar-refractivity contribution in [1.82, 2.24) is 15.3 Å². The van der Waals surface area contributed by atoms with Gasteiger partial charge in [-0.15, -0.1) is 0 Å². The van der Waals surface area contributed by atoms with Gasteiger partial charge >= 0.3 is 6.03 Å². The number of carbonyl (C=O) groups excluding carboxylic acids is 1. The summed E-state index contributed by atoms with van der Waals surface area (Å²) in [4.78, 5) is 20.3. The summed E-state index contributed by atoms with van der Waals surface area (Å²) in [6.07, 6.45) is 6.39. The molecule has 0 fully saturated rings. The molecule has 2 aromatic rings. The summed E-state index contributed by atoms with van der Waals surface area (Å²) >= 11 is 0. The Bertz CT molecular complexity index is 858. The molecule has 1 heterocycles. The highest BCUT2D eigenvalue weighted by Gasteiger charge is 2.12. The first kappa shape index (κ1) is 19.4. The minimum atomic E-state index is -3.48. The topological polar surface area (TPSA) is 122 Å². The Morgan fingerprint density at radius 3 is 2.69 bits per heavy atom. The molecule has 0 unspecified atom stereocenters. The van der Waals surface area contributed by atoms with Crippen LogP contribution in [0.4, 0.5) is 16.2 Å².